The van der Waals surface area contributed by atoms with E-state index in [1.54, 1.807) is 47.6 Å². The number of hydrogen-bond acceptors (Lipinski definition) is 8. The average Bonchev–Trinajstić information content (AvgIpc) is 3.03. The van der Waals surface area contributed by atoms with Crippen molar-refractivity contribution >= 4 is 53.2 Å². The first-order valence-corrected chi connectivity index (χ1v) is 17.2. The summed E-state index contributed by atoms with van der Waals surface area (Å²) in [6, 6.07) is 19.8. The number of carboxylic acids is 1. The summed E-state index contributed by atoms with van der Waals surface area (Å²) >= 11 is 6.50. The Morgan fingerprint density at radius 2 is 1.48 bits per heavy atom. The first-order valence-electron chi connectivity index (χ1n) is 16.8. The van der Waals surface area contributed by atoms with Gasteiger partial charge in [0.2, 0.25) is 5.96 Å². The lowest BCUT2D eigenvalue weighted by atomic mass is 9.84. The third kappa shape index (κ3) is 14.2. The highest BCUT2D eigenvalue weighted by Gasteiger charge is 2.27. The van der Waals surface area contributed by atoms with Gasteiger partial charge in [-0.1, -0.05) is 54.9 Å². The molecule has 3 aromatic rings. The van der Waals surface area contributed by atoms with Crippen LogP contribution in [0.4, 0.5) is 15.3 Å². The Hall–Kier alpha value is -5.23. The number of hydrogen-bond donors (Lipinski definition) is 3. The normalized spacial score (nSPS) is 13.0. The molecule has 2 atom stereocenters. The lowest BCUT2D eigenvalue weighted by Crippen LogP contribution is -2.40. The Morgan fingerprint density at radius 3 is 2.04 bits per heavy atom. The van der Waals surface area contributed by atoms with Crippen molar-refractivity contribution in [2.24, 2.45) is 16.8 Å². The lowest BCUT2D eigenvalue weighted by Gasteiger charge is -2.21. The van der Waals surface area contributed by atoms with Crippen LogP contribution in [0.25, 0.3) is 0 Å². The second kappa shape index (κ2) is 18.3. The monoisotopic (exact) mass is 735 g/mol. The number of guanidine groups is 1. The van der Waals surface area contributed by atoms with Gasteiger partial charge in [0.1, 0.15) is 22.7 Å². The molecular formula is C39H46ClN3O9. The number of ketones is 1. The van der Waals surface area contributed by atoms with Crippen LogP contribution in [0.2, 0.25) is 5.02 Å². The number of amides is 2. The number of Topliss-reactive ketones (excluding diaryl/α,β-unsaturated/α-hetero) is 1. The molecule has 0 radical (unpaired) electrons. The predicted molar refractivity (Wildman–Crippen MR) is 198 cm³/mol. The van der Waals surface area contributed by atoms with E-state index in [9.17, 15) is 29.1 Å². The van der Waals surface area contributed by atoms with Crippen molar-refractivity contribution in [3.05, 3.63) is 94.5 Å². The number of alkyl carbamates (subject to hydrolysis) is 1. The van der Waals surface area contributed by atoms with Gasteiger partial charge in [0.15, 0.2) is 0 Å². The third-order valence-corrected chi connectivity index (χ3v) is 7.74. The number of nitrogens with zero attached hydrogens (tertiary/aromatic N) is 1. The highest BCUT2D eigenvalue weighted by atomic mass is 35.5. The number of aliphatic imine (C=N–C) groups is 1. The fraction of sp³-hybridized carbons (Fsp3) is 0.385. The molecule has 13 heteroatoms. The van der Waals surface area contributed by atoms with E-state index in [1.807, 2.05) is 37.3 Å². The van der Waals surface area contributed by atoms with Crippen molar-refractivity contribution < 1.29 is 43.3 Å². The molecule has 0 spiro atoms. The van der Waals surface area contributed by atoms with E-state index < -0.39 is 47.2 Å². The van der Waals surface area contributed by atoms with Gasteiger partial charge in [0, 0.05) is 23.0 Å². The maximum absolute atomic E-state index is 13.3. The van der Waals surface area contributed by atoms with Crippen LogP contribution in [0.15, 0.2) is 77.8 Å². The van der Waals surface area contributed by atoms with Gasteiger partial charge in [-0.05, 0) is 108 Å². The van der Waals surface area contributed by atoms with Gasteiger partial charge in [-0.25, -0.2) is 14.4 Å². The molecule has 0 fully saturated rings. The van der Waals surface area contributed by atoms with Gasteiger partial charge in [-0.3, -0.25) is 14.9 Å². The Morgan fingerprint density at radius 1 is 0.846 bits per heavy atom. The number of nitrogens with one attached hydrogen (secondary N) is 2. The van der Waals surface area contributed by atoms with Gasteiger partial charge in [-0.15, -0.1) is 4.99 Å². The molecule has 1 unspecified atom stereocenters. The lowest BCUT2D eigenvalue weighted by molar-refractivity contribution is -0.142. The number of carboxylic acid groups (broad SMARTS) is 1. The molecule has 0 aliphatic heterocycles. The molecule has 278 valence electrons. The van der Waals surface area contributed by atoms with Crippen molar-refractivity contribution in [2.75, 3.05) is 5.32 Å². The number of aliphatic carboxylic acids is 1. The topological polar surface area (TPSA) is 170 Å². The zero-order chi connectivity index (χ0) is 38.6. The first kappa shape index (κ1) is 41.2. The highest BCUT2D eigenvalue weighted by molar-refractivity contribution is 6.31. The molecular weight excluding hydrogens is 690 g/mol. The Balaban J connectivity index is 1.65. The Kier molecular flexibility index (Phi) is 14.5. The van der Waals surface area contributed by atoms with Gasteiger partial charge in [0.25, 0.3) is 0 Å². The third-order valence-electron chi connectivity index (χ3n) is 7.39. The number of esters is 1. The minimum atomic E-state index is -0.948. The molecule has 0 aliphatic rings. The largest absolute Gasteiger partial charge is 0.481 e. The zero-order valence-corrected chi connectivity index (χ0v) is 31.2. The second-order valence-electron chi connectivity index (χ2n) is 14.1. The summed E-state index contributed by atoms with van der Waals surface area (Å²) in [7, 11) is 0. The molecule has 0 saturated carbocycles. The SMILES string of the molecule is CCC(C[C@@H](Cc1ccccc1)C(=O)O)C(=O)Cc1ccc(OC(=O)c2ccc(N/C(=N/C(=O)OC(C)(C)C)NC(=O)OC(C)(C)C)cc2)cc1Cl. The zero-order valence-electron chi connectivity index (χ0n) is 30.4. The molecule has 52 heavy (non-hydrogen) atoms. The van der Waals surface area contributed by atoms with E-state index >= 15 is 0 Å². The Labute approximate surface area is 308 Å². The predicted octanol–water partition coefficient (Wildman–Crippen LogP) is 8.26. The molecule has 0 aliphatic carbocycles. The molecule has 3 aromatic carbocycles. The summed E-state index contributed by atoms with van der Waals surface area (Å²) < 4.78 is 16.0. The fourth-order valence-corrected chi connectivity index (χ4v) is 5.20. The molecule has 3 rings (SSSR count). The van der Waals surface area contributed by atoms with Crippen molar-refractivity contribution in [1.82, 2.24) is 5.32 Å². The number of carbonyl (C=O) groups excluding carboxylic acids is 4. The minimum absolute atomic E-state index is 0.000290. The van der Waals surface area contributed by atoms with Gasteiger partial charge < -0.3 is 24.6 Å². The van der Waals surface area contributed by atoms with Gasteiger partial charge in [0.05, 0.1) is 11.5 Å². The first-order chi connectivity index (χ1) is 24.3. The molecule has 12 nitrogen and oxygen atoms in total. The van der Waals surface area contributed by atoms with Crippen LogP contribution in [0.5, 0.6) is 5.75 Å². The van der Waals surface area contributed by atoms with Crippen LogP contribution in [0.3, 0.4) is 0 Å². The van der Waals surface area contributed by atoms with Crippen LogP contribution in [0.1, 0.15) is 82.8 Å². The van der Waals surface area contributed by atoms with E-state index in [-0.39, 0.29) is 40.9 Å². The summed E-state index contributed by atoms with van der Waals surface area (Å²) in [6.07, 6.45) is -0.784. The van der Waals surface area contributed by atoms with Crippen LogP contribution >= 0.6 is 11.6 Å². The number of benzene rings is 3. The van der Waals surface area contributed by atoms with Crippen molar-refractivity contribution in [1.29, 1.82) is 0 Å². The van der Waals surface area contributed by atoms with Crippen LogP contribution in [-0.4, -0.2) is 52.2 Å². The maximum Gasteiger partial charge on any atom is 0.437 e. The van der Waals surface area contributed by atoms with E-state index in [1.165, 1.54) is 36.4 Å². The summed E-state index contributed by atoms with van der Waals surface area (Å²) in [5, 5.41) is 15.3. The molecule has 2 amide bonds. The van der Waals surface area contributed by atoms with Crippen molar-refractivity contribution in [3.63, 3.8) is 0 Å². The maximum atomic E-state index is 13.3. The quantitative estimate of drug-likeness (QED) is 0.0712. The summed E-state index contributed by atoms with van der Waals surface area (Å²) in [6.45, 7) is 11.9. The van der Waals surface area contributed by atoms with Gasteiger partial charge >= 0.3 is 24.1 Å². The van der Waals surface area contributed by atoms with Crippen molar-refractivity contribution in [2.45, 2.75) is 85.4 Å². The van der Waals surface area contributed by atoms with E-state index in [0.29, 0.717) is 24.1 Å². The summed E-state index contributed by atoms with van der Waals surface area (Å²) in [5.74, 6) is -3.04. The molecule has 0 heterocycles. The number of carbonyl (C=O) groups is 5. The smallest absolute Gasteiger partial charge is 0.437 e. The van der Waals surface area contributed by atoms with E-state index in [4.69, 9.17) is 25.8 Å². The van der Waals surface area contributed by atoms with Crippen LogP contribution in [-0.2, 0) is 31.9 Å². The number of halogens is 1. The van der Waals surface area contributed by atoms with Crippen LogP contribution < -0.4 is 15.4 Å². The van der Waals surface area contributed by atoms with Gasteiger partial charge in [-0.2, -0.15) is 0 Å². The Bertz CT molecular complexity index is 1760. The number of ether oxygens (including phenoxy) is 3. The molecule has 0 bridgehead atoms. The van der Waals surface area contributed by atoms with E-state index in [0.717, 1.165) is 5.56 Å². The van der Waals surface area contributed by atoms with E-state index in [2.05, 4.69) is 15.6 Å². The number of rotatable bonds is 12. The second-order valence-corrected chi connectivity index (χ2v) is 14.5. The van der Waals surface area contributed by atoms with Crippen molar-refractivity contribution in [3.8, 4) is 5.75 Å². The number of anilines is 1. The molecule has 3 N–H and O–H groups in total. The molecule has 0 aromatic heterocycles. The molecule has 0 saturated heterocycles. The minimum Gasteiger partial charge on any atom is -0.481 e. The van der Waals surface area contributed by atoms with Crippen LogP contribution in [0, 0.1) is 11.8 Å². The highest BCUT2D eigenvalue weighted by Crippen LogP contribution is 2.27. The standard InChI is InChI=1S/C39H46ClN3O9/c1-8-25(21-28(33(45)46)20-24-12-10-9-11-13-24)32(44)22-27-16-19-30(23-31(27)40)50-34(47)26-14-17-29(18-15-26)41-35(42-36(48)51-38(2,3)4)43-37(49)52-39(5,6)7/h9-19,23,25,28H,8,20-22H2,1-7H3,(H,45,46)(H2,41,42,43,48,49)/t25?,28-/m1/s1. The summed E-state index contributed by atoms with van der Waals surface area (Å²) in [4.78, 5) is 66.8. The average molecular weight is 736 g/mol. The fourth-order valence-electron chi connectivity index (χ4n) is 4.96. The summed E-state index contributed by atoms with van der Waals surface area (Å²) in [5.41, 5.74) is 0.340.